The second-order valence-corrected chi connectivity index (χ2v) is 6.26. The van der Waals surface area contributed by atoms with Gasteiger partial charge in [-0.25, -0.2) is 4.79 Å². The third kappa shape index (κ3) is 5.45. The van der Waals surface area contributed by atoms with E-state index in [0.717, 1.165) is 24.2 Å². The average molecular weight is 366 g/mol. The zero-order chi connectivity index (χ0) is 19.8. The highest BCUT2D eigenvalue weighted by Crippen LogP contribution is 2.22. The fraction of sp³-hybridized carbons (Fsp3) is 0.273. The summed E-state index contributed by atoms with van der Waals surface area (Å²) < 4.78 is 5.39. The highest BCUT2D eigenvalue weighted by molar-refractivity contribution is 6.05. The predicted molar refractivity (Wildman–Crippen MR) is 111 cm³/mol. The largest absolute Gasteiger partial charge is 0.422 e. The van der Waals surface area contributed by atoms with Crippen LogP contribution in [-0.2, 0) is 0 Å². The number of allylic oxidation sites excluding steroid dienone is 5. The first kappa shape index (κ1) is 20.2. The minimum Gasteiger partial charge on any atom is -0.422 e. The standard InChI is InChI=1S/C22H26N2O3/c1-5-24(6-2)18-13-12-17-15-19(22(26)27-21(17)16-18)20(25)11-9-7-8-10-14-23(3)4/h7-16H,5-6H2,1-4H3/b8-7+,11-9+,14-10+. The molecule has 1 heterocycles. The van der Waals surface area contributed by atoms with Gasteiger partial charge in [0.1, 0.15) is 11.1 Å². The number of anilines is 1. The van der Waals surface area contributed by atoms with Gasteiger partial charge in [0.05, 0.1) is 0 Å². The van der Waals surface area contributed by atoms with Crippen LogP contribution in [0.3, 0.4) is 0 Å². The summed E-state index contributed by atoms with van der Waals surface area (Å²) in [6.45, 7) is 5.88. The minimum absolute atomic E-state index is 0.0339. The molecule has 0 unspecified atom stereocenters. The molecule has 0 aliphatic rings. The van der Waals surface area contributed by atoms with Gasteiger partial charge in [0.15, 0.2) is 5.78 Å². The molecule has 5 heteroatoms. The average Bonchev–Trinajstić information content (AvgIpc) is 2.64. The molecular weight excluding hydrogens is 340 g/mol. The van der Waals surface area contributed by atoms with Gasteiger partial charge in [0.2, 0.25) is 0 Å². The molecular formula is C22H26N2O3. The summed E-state index contributed by atoms with van der Waals surface area (Å²) in [5, 5.41) is 0.728. The molecule has 0 atom stereocenters. The van der Waals surface area contributed by atoms with Crippen LogP contribution in [0, 0.1) is 0 Å². The monoisotopic (exact) mass is 366 g/mol. The Labute approximate surface area is 159 Å². The Morgan fingerprint density at radius 3 is 2.41 bits per heavy atom. The van der Waals surface area contributed by atoms with Gasteiger partial charge in [-0.3, -0.25) is 4.79 Å². The maximum absolute atomic E-state index is 12.3. The van der Waals surface area contributed by atoms with E-state index in [-0.39, 0.29) is 11.3 Å². The summed E-state index contributed by atoms with van der Waals surface area (Å²) in [6.07, 6.45) is 10.2. The fourth-order valence-corrected chi connectivity index (χ4v) is 2.64. The van der Waals surface area contributed by atoms with Gasteiger partial charge in [0, 0.05) is 44.3 Å². The molecule has 0 amide bonds. The predicted octanol–water partition coefficient (Wildman–Crippen LogP) is 4.01. The Hall–Kier alpha value is -3.08. The van der Waals surface area contributed by atoms with Gasteiger partial charge >= 0.3 is 5.63 Å². The molecule has 27 heavy (non-hydrogen) atoms. The maximum atomic E-state index is 12.3. The zero-order valence-corrected chi connectivity index (χ0v) is 16.3. The lowest BCUT2D eigenvalue weighted by Crippen LogP contribution is -2.21. The third-order valence-corrected chi connectivity index (χ3v) is 4.08. The highest BCUT2D eigenvalue weighted by Gasteiger charge is 2.12. The molecule has 1 aromatic heterocycles. The molecule has 0 radical (unpaired) electrons. The lowest BCUT2D eigenvalue weighted by Gasteiger charge is -2.20. The SMILES string of the molecule is CCN(CC)c1ccc2cc(C(=O)/C=C/C=C/C=C/N(C)C)c(=O)oc2c1. The van der Waals surface area contributed by atoms with Gasteiger partial charge < -0.3 is 14.2 Å². The minimum atomic E-state index is -0.620. The number of hydrogen-bond donors (Lipinski definition) is 0. The quantitative estimate of drug-likeness (QED) is 0.306. The molecule has 0 saturated carbocycles. The lowest BCUT2D eigenvalue weighted by molar-refractivity contribution is 0.104. The van der Waals surface area contributed by atoms with Crippen LogP contribution in [0.15, 0.2) is 70.1 Å². The Balaban J connectivity index is 2.24. The van der Waals surface area contributed by atoms with E-state index < -0.39 is 5.63 Å². The van der Waals surface area contributed by atoms with Crippen molar-refractivity contribution in [3.05, 3.63) is 76.8 Å². The van der Waals surface area contributed by atoms with Crippen LogP contribution in [0.2, 0.25) is 0 Å². The summed E-state index contributed by atoms with van der Waals surface area (Å²) >= 11 is 0. The van der Waals surface area contributed by atoms with E-state index in [9.17, 15) is 9.59 Å². The number of fused-ring (bicyclic) bond motifs is 1. The molecule has 5 nitrogen and oxygen atoms in total. The first-order valence-electron chi connectivity index (χ1n) is 9.01. The normalized spacial score (nSPS) is 11.9. The molecule has 0 fully saturated rings. The molecule has 2 rings (SSSR count). The van der Waals surface area contributed by atoms with Gasteiger partial charge in [-0.1, -0.05) is 18.2 Å². The number of rotatable bonds is 8. The van der Waals surface area contributed by atoms with Crippen molar-refractivity contribution in [2.45, 2.75) is 13.8 Å². The van der Waals surface area contributed by atoms with Crippen molar-refractivity contribution in [1.29, 1.82) is 0 Å². The third-order valence-electron chi connectivity index (χ3n) is 4.08. The summed E-state index contributed by atoms with van der Waals surface area (Å²) in [4.78, 5) is 28.6. The molecule has 0 spiro atoms. The Kier molecular flexibility index (Phi) is 7.17. The van der Waals surface area contributed by atoms with Gasteiger partial charge in [-0.05, 0) is 50.4 Å². The zero-order valence-electron chi connectivity index (χ0n) is 16.3. The van der Waals surface area contributed by atoms with Crippen LogP contribution in [0.25, 0.3) is 11.0 Å². The molecule has 0 aliphatic heterocycles. The topological polar surface area (TPSA) is 53.8 Å². The summed E-state index contributed by atoms with van der Waals surface area (Å²) in [5.41, 5.74) is 0.890. The van der Waals surface area contributed by atoms with E-state index in [1.807, 2.05) is 49.5 Å². The van der Waals surface area contributed by atoms with Crippen molar-refractivity contribution >= 4 is 22.4 Å². The van der Waals surface area contributed by atoms with Crippen molar-refractivity contribution < 1.29 is 9.21 Å². The van der Waals surface area contributed by atoms with E-state index in [0.29, 0.717) is 5.58 Å². The van der Waals surface area contributed by atoms with Crippen molar-refractivity contribution in [3.63, 3.8) is 0 Å². The van der Waals surface area contributed by atoms with E-state index in [1.54, 1.807) is 24.3 Å². The van der Waals surface area contributed by atoms with Crippen LogP contribution in [0.1, 0.15) is 24.2 Å². The first-order valence-corrected chi connectivity index (χ1v) is 9.01. The molecule has 0 bridgehead atoms. The van der Waals surface area contributed by atoms with Gasteiger partial charge in [0.25, 0.3) is 0 Å². The number of hydrogen-bond acceptors (Lipinski definition) is 5. The van der Waals surface area contributed by atoms with Crippen molar-refractivity contribution in [1.82, 2.24) is 4.90 Å². The van der Waals surface area contributed by atoms with Crippen molar-refractivity contribution in [2.24, 2.45) is 0 Å². The van der Waals surface area contributed by atoms with E-state index in [2.05, 4.69) is 18.7 Å². The van der Waals surface area contributed by atoms with Gasteiger partial charge in [-0.15, -0.1) is 0 Å². The first-order chi connectivity index (χ1) is 13.0. The van der Waals surface area contributed by atoms with Crippen LogP contribution in [-0.4, -0.2) is 37.9 Å². The number of ketones is 1. The Morgan fingerprint density at radius 2 is 1.74 bits per heavy atom. The lowest BCUT2D eigenvalue weighted by atomic mass is 10.1. The summed E-state index contributed by atoms with van der Waals surface area (Å²) in [7, 11) is 3.85. The Bertz CT molecular complexity index is 932. The second kappa shape index (κ2) is 9.57. The van der Waals surface area contributed by atoms with E-state index >= 15 is 0 Å². The number of nitrogens with zero attached hydrogens (tertiary/aromatic N) is 2. The number of carbonyl (C=O) groups is 1. The second-order valence-electron chi connectivity index (χ2n) is 6.26. The summed E-state index contributed by atoms with van der Waals surface area (Å²) in [6, 6.07) is 7.28. The van der Waals surface area contributed by atoms with Crippen LogP contribution >= 0.6 is 0 Å². The van der Waals surface area contributed by atoms with E-state index in [1.165, 1.54) is 6.08 Å². The highest BCUT2D eigenvalue weighted by atomic mass is 16.4. The van der Waals surface area contributed by atoms with Crippen LogP contribution in [0.4, 0.5) is 5.69 Å². The molecule has 0 N–H and O–H groups in total. The number of carbonyl (C=O) groups excluding carboxylic acids is 1. The van der Waals surface area contributed by atoms with Crippen molar-refractivity contribution in [3.8, 4) is 0 Å². The smallest absolute Gasteiger partial charge is 0.347 e. The van der Waals surface area contributed by atoms with Crippen molar-refractivity contribution in [2.75, 3.05) is 32.1 Å². The fourth-order valence-electron chi connectivity index (χ4n) is 2.64. The molecule has 2 aromatic rings. The molecule has 1 aromatic carbocycles. The van der Waals surface area contributed by atoms with Crippen LogP contribution in [0.5, 0.6) is 0 Å². The molecule has 0 saturated heterocycles. The Morgan fingerprint density at radius 1 is 1.04 bits per heavy atom. The van der Waals surface area contributed by atoms with E-state index in [4.69, 9.17) is 4.42 Å². The van der Waals surface area contributed by atoms with Crippen LogP contribution < -0.4 is 10.5 Å². The maximum Gasteiger partial charge on any atom is 0.347 e. The van der Waals surface area contributed by atoms with Gasteiger partial charge in [-0.2, -0.15) is 0 Å². The summed E-state index contributed by atoms with van der Waals surface area (Å²) in [5.74, 6) is -0.375. The molecule has 0 aliphatic carbocycles. The molecule has 142 valence electrons. The number of benzene rings is 1.